The van der Waals surface area contributed by atoms with Gasteiger partial charge in [0.05, 0.1) is 11.9 Å². The Labute approximate surface area is 189 Å². The second kappa shape index (κ2) is 11.6. The van der Waals surface area contributed by atoms with Gasteiger partial charge in [-0.15, -0.1) is 0 Å². The van der Waals surface area contributed by atoms with E-state index in [0.29, 0.717) is 23.7 Å². The van der Waals surface area contributed by atoms with Crippen molar-refractivity contribution < 1.29 is 13.2 Å². The van der Waals surface area contributed by atoms with Crippen LogP contribution in [-0.2, 0) is 20.6 Å². The standard InChI is InChI=1S/C22H29ClN2O3S2/c1-17-7-4-5-8-19(17)16-29-14-12-24-22(26)9-6-13-25(30(3,27)28)21-15-20(23)11-10-18(21)2/h4-5,7-8,10-11,15H,6,9,12-14,16H2,1-3H3,(H,24,26). The van der Waals surface area contributed by atoms with Gasteiger partial charge in [0.15, 0.2) is 0 Å². The lowest BCUT2D eigenvalue weighted by molar-refractivity contribution is -0.121. The molecule has 2 rings (SSSR count). The summed E-state index contributed by atoms with van der Waals surface area (Å²) in [6.07, 6.45) is 1.87. The van der Waals surface area contributed by atoms with Crippen LogP contribution in [0.1, 0.15) is 29.5 Å². The van der Waals surface area contributed by atoms with Crippen molar-refractivity contribution in [3.8, 4) is 0 Å². The molecule has 2 aromatic rings. The number of benzene rings is 2. The number of nitrogens with zero attached hydrogens (tertiary/aromatic N) is 1. The maximum Gasteiger partial charge on any atom is 0.232 e. The largest absolute Gasteiger partial charge is 0.355 e. The number of hydrogen-bond acceptors (Lipinski definition) is 4. The van der Waals surface area contributed by atoms with E-state index in [1.54, 1.807) is 30.0 Å². The van der Waals surface area contributed by atoms with Gasteiger partial charge in [0.2, 0.25) is 15.9 Å². The molecule has 0 aliphatic carbocycles. The smallest absolute Gasteiger partial charge is 0.232 e. The van der Waals surface area contributed by atoms with E-state index in [2.05, 4.69) is 24.4 Å². The number of hydrogen-bond donors (Lipinski definition) is 1. The number of amides is 1. The molecule has 0 spiro atoms. The number of rotatable bonds is 11. The lowest BCUT2D eigenvalue weighted by atomic mass is 10.1. The Bertz CT molecular complexity index is 965. The van der Waals surface area contributed by atoms with Gasteiger partial charge >= 0.3 is 0 Å². The van der Waals surface area contributed by atoms with Crippen molar-refractivity contribution in [3.05, 3.63) is 64.2 Å². The number of anilines is 1. The fraction of sp³-hybridized carbons (Fsp3) is 0.409. The van der Waals surface area contributed by atoms with E-state index in [-0.39, 0.29) is 18.9 Å². The summed E-state index contributed by atoms with van der Waals surface area (Å²) >= 11 is 7.82. The van der Waals surface area contributed by atoms with E-state index in [4.69, 9.17) is 11.6 Å². The van der Waals surface area contributed by atoms with Gasteiger partial charge in [0.1, 0.15) is 0 Å². The molecule has 0 unspecified atom stereocenters. The van der Waals surface area contributed by atoms with E-state index in [9.17, 15) is 13.2 Å². The van der Waals surface area contributed by atoms with Crippen molar-refractivity contribution in [2.75, 3.05) is 29.4 Å². The van der Waals surface area contributed by atoms with Crippen LogP contribution >= 0.6 is 23.4 Å². The number of carbonyl (C=O) groups excluding carboxylic acids is 1. The molecule has 2 aromatic carbocycles. The minimum atomic E-state index is -3.47. The lowest BCUT2D eigenvalue weighted by Gasteiger charge is -2.24. The zero-order chi connectivity index (χ0) is 22.1. The number of sulfonamides is 1. The first kappa shape index (κ1) is 24.6. The topological polar surface area (TPSA) is 66.5 Å². The molecule has 8 heteroatoms. The van der Waals surface area contributed by atoms with Gasteiger partial charge in [-0.25, -0.2) is 8.42 Å². The summed E-state index contributed by atoms with van der Waals surface area (Å²) in [5.74, 6) is 1.69. The third kappa shape index (κ3) is 7.85. The fourth-order valence-electron chi connectivity index (χ4n) is 3.00. The van der Waals surface area contributed by atoms with Gasteiger partial charge < -0.3 is 5.32 Å². The van der Waals surface area contributed by atoms with Crippen LogP contribution in [0.5, 0.6) is 0 Å². The van der Waals surface area contributed by atoms with Crippen LogP contribution in [0.4, 0.5) is 5.69 Å². The summed E-state index contributed by atoms with van der Waals surface area (Å²) < 4.78 is 25.8. The van der Waals surface area contributed by atoms with E-state index in [0.717, 1.165) is 17.1 Å². The van der Waals surface area contributed by atoms with Gasteiger partial charge in [-0.2, -0.15) is 11.8 Å². The highest BCUT2D eigenvalue weighted by molar-refractivity contribution is 7.98. The molecule has 0 aliphatic heterocycles. The van der Waals surface area contributed by atoms with Gasteiger partial charge in [-0.1, -0.05) is 41.9 Å². The molecular weight excluding hydrogens is 440 g/mol. The second-order valence-corrected chi connectivity index (χ2v) is 10.6. The van der Waals surface area contributed by atoms with Crippen LogP contribution in [0.15, 0.2) is 42.5 Å². The van der Waals surface area contributed by atoms with Crippen LogP contribution < -0.4 is 9.62 Å². The van der Waals surface area contributed by atoms with Gasteiger partial charge in [-0.3, -0.25) is 9.10 Å². The molecule has 0 saturated carbocycles. The van der Waals surface area contributed by atoms with Gasteiger partial charge in [0, 0.05) is 36.0 Å². The molecule has 0 atom stereocenters. The molecular formula is C22H29ClN2O3S2. The Morgan fingerprint density at radius 3 is 2.57 bits per heavy atom. The fourth-order valence-corrected chi connectivity index (χ4v) is 5.12. The van der Waals surface area contributed by atoms with Gasteiger partial charge in [0.25, 0.3) is 0 Å². The Balaban J connectivity index is 1.75. The van der Waals surface area contributed by atoms with Crippen LogP contribution in [0, 0.1) is 13.8 Å². The van der Waals surface area contributed by atoms with Crippen LogP contribution in [0.3, 0.4) is 0 Å². The van der Waals surface area contributed by atoms with Crippen LogP contribution in [-0.4, -0.2) is 39.4 Å². The highest BCUT2D eigenvalue weighted by atomic mass is 35.5. The molecule has 1 N–H and O–H groups in total. The second-order valence-electron chi connectivity index (χ2n) is 7.20. The van der Waals surface area contributed by atoms with Crippen molar-refractivity contribution in [3.63, 3.8) is 0 Å². The summed E-state index contributed by atoms with van der Waals surface area (Å²) in [4.78, 5) is 12.1. The Morgan fingerprint density at radius 1 is 1.13 bits per heavy atom. The highest BCUT2D eigenvalue weighted by Crippen LogP contribution is 2.26. The zero-order valence-electron chi connectivity index (χ0n) is 17.7. The summed E-state index contributed by atoms with van der Waals surface area (Å²) in [6, 6.07) is 13.4. The minimum absolute atomic E-state index is 0.0669. The first-order valence-electron chi connectivity index (χ1n) is 9.81. The summed E-state index contributed by atoms with van der Waals surface area (Å²) in [5, 5.41) is 3.38. The van der Waals surface area contributed by atoms with E-state index in [1.165, 1.54) is 21.7 Å². The van der Waals surface area contributed by atoms with Crippen LogP contribution in [0.2, 0.25) is 5.02 Å². The maximum atomic E-state index is 12.2. The molecule has 0 radical (unpaired) electrons. The third-order valence-electron chi connectivity index (χ3n) is 4.69. The molecule has 0 saturated heterocycles. The molecule has 164 valence electrons. The molecule has 0 aliphatic rings. The predicted octanol–water partition coefficient (Wildman–Crippen LogP) is 4.55. The average molecular weight is 469 g/mol. The minimum Gasteiger partial charge on any atom is -0.355 e. The quantitative estimate of drug-likeness (QED) is 0.491. The first-order chi connectivity index (χ1) is 14.2. The number of nitrogens with one attached hydrogen (secondary N) is 1. The van der Waals surface area contributed by atoms with Gasteiger partial charge in [-0.05, 0) is 49.1 Å². The van der Waals surface area contributed by atoms with Crippen LogP contribution in [0.25, 0.3) is 0 Å². The number of halogens is 1. The van der Waals surface area contributed by atoms with Crippen molar-refractivity contribution in [2.24, 2.45) is 0 Å². The van der Waals surface area contributed by atoms with Crippen molar-refractivity contribution in [1.82, 2.24) is 5.32 Å². The monoisotopic (exact) mass is 468 g/mol. The molecule has 0 heterocycles. The van der Waals surface area contributed by atoms with E-state index < -0.39 is 10.0 Å². The molecule has 0 fully saturated rings. The average Bonchev–Trinajstić information content (AvgIpc) is 2.67. The first-order valence-corrected chi connectivity index (χ1v) is 13.2. The van der Waals surface area contributed by atoms with Crippen molar-refractivity contribution >= 4 is 45.0 Å². The number of aryl methyl sites for hydroxylation is 2. The predicted molar refractivity (Wildman–Crippen MR) is 128 cm³/mol. The van der Waals surface area contributed by atoms with Crippen molar-refractivity contribution in [2.45, 2.75) is 32.4 Å². The molecule has 5 nitrogen and oxygen atoms in total. The zero-order valence-corrected chi connectivity index (χ0v) is 20.0. The summed E-state index contributed by atoms with van der Waals surface area (Å²) in [7, 11) is -3.47. The summed E-state index contributed by atoms with van der Waals surface area (Å²) in [5.41, 5.74) is 3.96. The normalized spacial score (nSPS) is 11.3. The number of thioether (sulfide) groups is 1. The maximum absolute atomic E-state index is 12.2. The molecule has 30 heavy (non-hydrogen) atoms. The van der Waals surface area contributed by atoms with Crippen molar-refractivity contribution in [1.29, 1.82) is 0 Å². The Kier molecular flexibility index (Phi) is 9.52. The highest BCUT2D eigenvalue weighted by Gasteiger charge is 2.19. The van der Waals surface area contributed by atoms with E-state index in [1.807, 2.05) is 19.1 Å². The molecule has 1 amide bonds. The SMILES string of the molecule is Cc1ccccc1CSCCNC(=O)CCCN(c1cc(Cl)ccc1C)S(C)(=O)=O. The Hall–Kier alpha value is -1.70. The molecule has 0 bridgehead atoms. The number of carbonyl (C=O) groups is 1. The van der Waals surface area contributed by atoms with E-state index >= 15 is 0 Å². The third-order valence-corrected chi connectivity index (χ3v) is 7.12. The molecule has 0 aromatic heterocycles. The Morgan fingerprint density at radius 2 is 1.87 bits per heavy atom. The summed E-state index contributed by atoms with van der Waals surface area (Å²) in [6.45, 7) is 4.77. The lowest BCUT2D eigenvalue weighted by Crippen LogP contribution is -2.33.